The number of methoxy groups -OCH3 is 2. The fraction of sp³-hybridized carbons (Fsp3) is 0.493. The third kappa shape index (κ3) is 13.1. The molecule has 0 spiro atoms. The first kappa shape index (κ1) is 64.3. The number of amides is 3. The first-order valence-electron chi connectivity index (χ1n) is 33.0. The number of nitrogens with zero attached hydrogens (tertiary/aromatic N) is 5. The van der Waals surface area contributed by atoms with Crippen molar-refractivity contribution in [3.05, 3.63) is 150 Å². The zero-order valence-electron chi connectivity index (χ0n) is 52.4. The van der Waals surface area contributed by atoms with Crippen LogP contribution in [-0.4, -0.2) is 123 Å². The van der Waals surface area contributed by atoms with E-state index in [2.05, 4.69) is 34.5 Å². The first-order valence-corrected chi connectivity index (χ1v) is 35.9. The molecule has 488 valence electrons. The van der Waals surface area contributed by atoms with Crippen molar-refractivity contribution in [2.45, 2.75) is 199 Å². The van der Waals surface area contributed by atoms with Crippen molar-refractivity contribution in [1.29, 1.82) is 0 Å². The minimum absolute atomic E-state index is 0.0102. The van der Waals surface area contributed by atoms with Gasteiger partial charge in [0.25, 0.3) is 20.0 Å². The number of carboxylic acids is 1. The Morgan fingerprint density at radius 3 is 1.21 bits per heavy atom. The van der Waals surface area contributed by atoms with Gasteiger partial charge in [-0.2, -0.15) is 0 Å². The van der Waals surface area contributed by atoms with Crippen LogP contribution in [0, 0.1) is 17.8 Å². The van der Waals surface area contributed by atoms with E-state index in [4.69, 9.17) is 14.6 Å². The summed E-state index contributed by atoms with van der Waals surface area (Å²) in [5.41, 5.74) is 5.42. The summed E-state index contributed by atoms with van der Waals surface area (Å²) in [6.07, 6.45) is 14.7. The summed E-state index contributed by atoms with van der Waals surface area (Å²) in [5.74, 6) is -1.34. The SMILES string of the molecule is COC(=O)CCC(=O)N(C1CC1)C1c2ccccc2N(S(=O)(=O)c2ccccc2)C2CCCC12.COC(=O)CCC(=O)N(C1CC1)C1c2ccccc2NC2CCCC21.O=C(O)CCC(=O)N(C1CC1)C1c2ccccc2N(S(=O)(=O)c2ccccc2)C2CCCC12. The number of aliphatic carboxylic acids is 1. The van der Waals surface area contributed by atoms with E-state index in [1.807, 2.05) is 64.4 Å². The number of benzene rings is 5. The number of nitrogens with one attached hydrogen (secondary N) is 1. The van der Waals surface area contributed by atoms with Crippen LogP contribution >= 0.6 is 0 Å². The van der Waals surface area contributed by atoms with Gasteiger partial charge in [-0.15, -0.1) is 0 Å². The number of hydrogen-bond acceptors (Lipinski definition) is 13. The Kier molecular flexibility index (Phi) is 19.2. The molecule has 6 aliphatic carbocycles. The van der Waals surface area contributed by atoms with E-state index in [9.17, 15) is 45.6 Å². The van der Waals surface area contributed by atoms with Crippen LogP contribution < -0.4 is 13.9 Å². The number of para-hydroxylation sites is 3. The molecule has 14 rings (SSSR count). The zero-order chi connectivity index (χ0) is 64.4. The summed E-state index contributed by atoms with van der Waals surface area (Å²) in [6, 6.07) is 40.9. The Labute approximate surface area is 539 Å². The summed E-state index contributed by atoms with van der Waals surface area (Å²) >= 11 is 0. The number of carbonyl (C=O) groups excluding carboxylic acids is 5. The molecule has 3 heterocycles. The van der Waals surface area contributed by atoms with E-state index in [1.54, 1.807) is 63.2 Å². The van der Waals surface area contributed by atoms with Crippen LogP contribution in [0.5, 0.6) is 0 Å². The fourth-order valence-electron chi connectivity index (χ4n) is 15.9. The van der Waals surface area contributed by atoms with E-state index in [0.29, 0.717) is 29.4 Å². The lowest BCUT2D eigenvalue weighted by atomic mass is 9.82. The van der Waals surface area contributed by atoms with Crippen molar-refractivity contribution in [1.82, 2.24) is 14.7 Å². The third-order valence-electron chi connectivity index (χ3n) is 20.3. The van der Waals surface area contributed by atoms with Gasteiger partial charge in [-0.1, -0.05) is 110 Å². The molecule has 92 heavy (non-hydrogen) atoms. The van der Waals surface area contributed by atoms with Gasteiger partial charge in [-0.05, 0) is 136 Å². The van der Waals surface area contributed by atoms with Crippen LogP contribution in [0.15, 0.2) is 143 Å². The lowest BCUT2D eigenvalue weighted by Crippen LogP contribution is -2.52. The highest BCUT2D eigenvalue weighted by molar-refractivity contribution is 7.93. The predicted octanol–water partition coefficient (Wildman–Crippen LogP) is 11.3. The molecule has 0 bridgehead atoms. The number of sulfonamides is 2. The van der Waals surface area contributed by atoms with Gasteiger partial charge in [0.1, 0.15) is 0 Å². The topological polar surface area (TPSA) is 238 Å². The molecule has 21 heteroatoms. The van der Waals surface area contributed by atoms with Gasteiger partial charge in [0.15, 0.2) is 0 Å². The fourth-order valence-corrected chi connectivity index (χ4v) is 19.5. The molecule has 2 N–H and O–H groups in total. The van der Waals surface area contributed by atoms with Crippen molar-refractivity contribution in [3.63, 3.8) is 0 Å². The van der Waals surface area contributed by atoms with Gasteiger partial charge in [-0.3, -0.25) is 37.4 Å². The number of esters is 2. The standard InChI is InChI=1S/C26H30N2O5S.C25H28N2O5S.C20H26N2O3/c1-33-25(30)17-16-24(29)27(18-14-15-18)26-20-10-5-6-12-22(20)28(23-13-7-11-21(23)26)34(31,32)19-8-3-2-4-9-19;28-23(15-16-24(29)30)26(17-13-14-17)25-19-9-4-5-11-21(19)27(22-12-6-10-20(22)25)33(31,32)18-7-2-1-3-8-18;1-25-19(24)12-11-18(23)22(13-9-10-13)20-14-5-2-3-7-16(14)21-17-8-4-6-15(17)20/h2-6,8-10,12,18,21,23,26H,7,11,13-17H2,1H3;1-5,7-9,11,17,20,22,25H,6,10,12-16H2,(H,29,30);2-3,5,7,13,15,17,20-21H,4,6,8-12H2,1H3. The maximum absolute atomic E-state index is 13.9. The number of rotatable bonds is 19. The monoisotopic (exact) mass is 1290 g/mol. The molecule has 9 atom stereocenters. The maximum Gasteiger partial charge on any atom is 0.306 e. The van der Waals surface area contributed by atoms with Gasteiger partial charge in [0, 0.05) is 66.9 Å². The number of carbonyl (C=O) groups is 6. The Hall–Kier alpha value is -7.78. The second-order valence-electron chi connectivity index (χ2n) is 26.1. The van der Waals surface area contributed by atoms with Crippen LogP contribution in [-0.2, 0) is 58.3 Å². The normalized spacial score (nSPS) is 24.7. The first-order chi connectivity index (χ1) is 44.5. The van der Waals surface area contributed by atoms with E-state index in [-0.39, 0.29) is 126 Å². The molecule has 3 amide bonds. The Bertz CT molecular complexity index is 3770. The van der Waals surface area contributed by atoms with Crippen molar-refractivity contribution in [2.75, 3.05) is 28.1 Å². The Balaban J connectivity index is 0.000000135. The summed E-state index contributed by atoms with van der Waals surface area (Å²) in [5, 5.41) is 12.8. The largest absolute Gasteiger partial charge is 0.481 e. The van der Waals surface area contributed by atoms with Gasteiger partial charge in [0.2, 0.25) is 17.7 Å². The van der Waals surface area contributed by atoms with Crippen LogP contribution in [0.1, 0.15) is 170 Å². The molecule has 5 aromatic carbocycles. The molecular formula is C71H84N6O13S2. The molecule has 3 aliphatic heterocycles. The average molecular weight is 1290 g/mol. The van der Waals surface area contributed by atoms with Crippen molar-refractivity contribution < 1.29 is 60.2 Å². The van der Waals surface area contributed by atoms with Crippen molar-refractivity contribution in [3.8, 4) is 0 Å². The quantitative estimate of drug-likeness (QED) is 0.0732. The van der Waals surface area contributed by atoms with Crippen molar-refractivity contribution in [2.24, 2.45) is 17.8 Å². The van der Waals surface area contributed by atoms with Crippen LogP contribution in [0.3, 0.4) is 0 Å². The molecule has 19 nitrogen and oxygen atoms in total. The zero-order valence-corrected chi connectivity index (χ0v) is 54.0. The van der Waals surface area contributed by atoms with Crippen LogP contribution in [0.2, 0.25) is 0 Å². The average Bonchev–Trinajstić information content (AvgIpc) is 1.37. The summed E-state index contributed by atoms with van der Waals surface area (Å²) in [4.78, 5) is 80.6. The van der Waals surface area contributed by atoms with Gasteiger partial charge in [-0.25, -0.2) is 16.8 Å². The molecule has 9 aliphatic rings. The van der Waals surface area contributed by atoms with E-state index in [1.165, 1.54) is 38.3 Å². The number of carboxylic acid groups (broad SMARTS) is 1. The second-order valence-corrected chi connectivity index (χ2v) is 29.7. The molecule has 0 radical (unpaired) electrons. The lowest BCUT2D eigenvalue weighted by Gasteiger charge is -2.48. The highest BCUT2D eigenvalue weighted by atomic mass is 32.2. The highest BCUT2D eigenvalue weighted by Gasteiger charge is 2.55. The smallest absolute Gasteiger partial charge is 0.306 e. The molecule has 5 aromatic rings. The van der Waals surface area contributed by atoms with Gasteiger partial charge < -0.3 is 34.6 Å². The highest BCUT2D eigenvalue weighted by Crippen LogP contribution is 2.57. The predicted molar refractivity (Wildman–Crippen MR) is 346 cm³/mol. The third-order valence-corrected chi connectivity index (χ3v) is 24.0. The van der Waals surface area contributed by atoms with E-state index < -0.39 is 32.0 Å². The molecule has 9 unspecified atom stereocenters. The van der Waals surface area contributed by atoms with Crippen LogP contribution in [0.4, 0.5) is 17.1 Å². The minimum atomic E-state index is -3.77. The van der Waals surface area contributed by atoms with Crippen LogP contribution in [0.25, 0.3) is 0 Å². The molecule has 0 aromatic heterocycles. The van der Waals surface area contributed by atoms with Gasteiger partial charge in [0.05, 0.1) is 84.9 Å². The van der Waals surface area contributed by atoms with E-state index >= 15 is 0 Å². The number of anilines is 3. The Morgan fingerprint density at radius 1 is 0.435 bits per heavy atom. The summed E-state index contributed by atoms with van der Waals surface area (Å²) in [6.45, 7) is 0. The van der Waals surface area contributed by atoms with Crippen molar-refractivity contribution >= 4 is 72.7 Å². The number of hydrogen-bond donors (Lipinski definition) is 2. The lowest BCUT2D eigenvalue weighted by molar-refractivity contribution is -0.145. The summed E-state index contributed by atoms with van der Waals surface area (Å²) in [7, 11) is -4.83. The maximum atomic E-state index is 13.9. The summed E-state index contributed by atoms with van der Waals surface area (Å²) < 4.78 is 68.0. The second kappa shape index (κ2) is 27.4. The minimum Gasteiger partial charge on any atom is -0.481 e. The number of ether oxygens (including phenoxy) is 2. The molecule has 0 saturated heterocycles. The molecular weight excluding hydrogens is 1210 g/mol. The Morgan fingerprint density at radius 2 is 0.793 bits per heavy atom. The van der Waals surface area contributed by atoms with E-state index in [0.717, 1.165) is 94.6 Å². The number of fused-ring (bicyclic) bond motifs is 6. The molecule has 6 saturated carbocycles. The molecule has 6 fully saturated rings. The van der Waals surface area contributed by atoms with Gasteiger partial charge >= 0.3 is 17.9 Å².